The Bertz CT molecular complexity index is 2220. The summed E-state index contributed by atoms with van der Waals surface area (Å²) in [4.78, 5) is 41.0. The lowest BCUT2D eigenvalue weighted by molar-refractivity contribution is 0.0786. The van der Waals surface area contributed by atoms with Crippen molar-refractivity contribution in [1.29, 1.82) is 0 Å². The van der Waals surface area contributed by atoms with E-state index in [-0.39, 0.29) is 18.5 Å². The number of nitrogens with one attached hydrogen (secondary N) is 3. The molecule has 0 radical (unpaired) electrons. The number of aromatic nitrogens is 5. The highest BCUT2D eigenvalue weighted by atomic mass is 16.5. The Hall–Kier alpha value is -6.30. The van der Waals surface area contributed by atoms with Crippen LogP contribution in [0.15, 0.2) is 91.4 Å². The molecule has 12 heteroatoms. The van der Waals surface area contributed by atoms with Crippen LogP contribution >= 0.6 is 0 Å². The minimum Gasteiger partial charge on any atom is -0.488 e. The van der Waals surface area contributed by atoms with Crippen LogP contribution in [0, 0.1) is 13.8 Å². The van der Waals surface area contributed by atoms with Gasteiger partial charge in [0.25, 0.3) is 5.91 Å². The third-order valence-electron chi connectivity index (χ3n) is 9.11. The first-order chi connectivity index (χ1) is 25.8. The zero-order valence-corrected chi connectivity index (χ0v) is 30.2. The van der Waals surface area contributed by atoms with Gasteiger partial charge >= 0.3 is 6.03 Å². The summed E-state index contributed by atoms with van der Waals surface area (Å²) in [5.41, 5.74) is 5.95. The Labute approximate surface area is 308 Å². The molecular weight excluding hydrogens is 667 g/mol. The summed E-state index contributed by atoms with van der Waals surface area (Å²) < 4.78 is 8.12. The molecule has 0 atom stereocenters. The fraction of sp³-hybridized carbons (Fsp3) is 0.268. The second-order valence-corrected chi connectivity index (χ2v) is 13.4. The zero-order chi connectivity index (χ0) is 36.7. The molecule has 1 saturated heterocycles. The predicted octanol–water partition coefficient (Wildman–Crippen LogP) is 8.37. The molecule has 1 aliphatic heterocycles. The average Bonchev–Trinajstić information content (AvgIpc) is 3.84. The molecule has 1 fully saturated rings. The first kappa shape index (κ1) is 35.1. The van der Waals surface area contributed by atoms with Crippen LogP contribution in [-0.2, 0) is 13.0 Å². The molecule has 6 aromatic rings. The number of carbonyl (C=O) groups excluding carboxylic acids is 2. The maximum atomic E-state index is 13.5. The fourth-order valence-electron chi connectivity index (χ4n) is 6.56. The third-order valence-corrected chi connectivity index (χ3v) is 9.11. The van der Waals surface area contributed by atoms with Crippen molar-refractivity contribution in [1.82, 2.24) is 29.6 Å². The van der Waals surface area contributed by atoms with Gasteiger partial charge in [0, 0.05) is 36.1 Å². The largest absolute Gasteiger partial charge is 0.488 e. The van der Waals surface area contributed by atoms with Crippen LogP contribution < -0.4 is 20.7 Å². The molecule has 1 aliphatic rings. The number of pyridine rings is 1. The highest BCUT2D eigenvalue weighted by Gasteiger charge is 2.21. The van der Waals surface area contributed by atoms with Crippen molar-refractivity contribution in [2.75, 3.05) is 29.0 Å². The van der Waals surface area contributed by atoms with Crippen molar-refractivity contribution in [2.45, 2.75) is 59.5 Å². The quantitative estimate of drug-likeness (QED) is 0.115. The number of amides is 3. The van der Waals surface area contributed by atoms with Gasteiger partial charge in [-0.25, -0.2) is 24.4 Å². The van der Waals surface area contributed by atoms with Gasteiger partial charge in [-0.3, -0.25) is 10.1 Å². The monoisotopic (exact) mass is 709 g/mol. The Morgan fingerprint density at radius 1 is 0.830 bits per heavy atom. The van der Waals surface area contributed by atoms with Crippen LogP contribution in [0.4, 0.5) is 27.9 Å². The van der Waals surface area contributed by atoms with E-state index < -0.39 is 0 Å². The first-order valence-corrected chi connectivity index (χ1v) is 18.1. The van der Waals surface area contributed by atoms with Crippen molar-refractivity contribution < 1.29 is 14.3 Å². The smallest absolute Gasteiger partial charge is 0.324 e. The van der Waals surface area contributed by atoms with Gasteiger partial charge in [0.1, 0.15) is 35.5 Å². The van der Waals surface area contributed by atoms with E-state index in [1.54, 1.807) is 22.0 Å². The number of hydrogen-bond acceptors (Lipinski definition) is 8. The maximum absolute atomic E-state index is 13.5. The minimum atomic E-state index is -0.370. The number of likely N-dealkylation sites (tertiary alicyclic amines) is 1. The average molecular weight is 710 g/mol. The topological polar surface area (TPSA) is 139 Å². The summed E-state index contributed by atoms with van der Waals surface area (Å²) in [6.07, 6.45) is 9.68. The van der Waals surface area contributed by atoms with E-state index in [9.17, 15) is 9.59 Å². The predicted molar refractivity (Wildman–Crippen MR) is 207 cm³/mol. The summed E-state index contributed by atoms with van der Waals surface area (Å²) >= 11 is 0. The minimum absolute atomic E-state index is 0.0909. The number of aryl methyl sites for hydroxylation is 3. The Kier molecular flexibility index (Phi) is 10.6. The molecule has 7 rings (SSSR count). The van der Waals surface area contributed by atoms with Crippen molar-refractivity contribution in [3.05, 3.63) is 119 Å². The summed E-state index contributed by atoms with van der Waals surface area (Å²) in [7, 11) is 0. The number of ether oxygens (including phenoxy) is 1. The molecule has 0 unspecified atom stereocenters. The van der Waals surface area contributed by atoms with Crippen molar-refractivity contribution >= 4 is 45.9 Å². The molecule has 3 amide bonds. The number of unbranched alkanes of at least 4 members (excludes halogenated alkanes) is 1. The van der Waals surface area contributed by atoms with Crippen LogP contribution in [0.2, 0.25) is 0 Å². The van der Waals surface area contributed by atoms with E-state index >= 15 is 0 Å². The Morgan fingerprint density at radius 3 is 2.38 bits per heavy atom. The molecule has 0 aliphatic carbocycles. The molecule has 3 aromatic heterocycles. The highest BCUT2D eigenvalue weighted by Crippen LogP contribution is 2.33. The molecule has 4 heterocycles. The Balaban J connectivity index is 1.02. The molecular formula is C41H43N9O3. The second kappa shape index (κ2) is 15.9. The molecule has 3 aromatic carbocycles. The molecule has 0 bridgehead atoms. The van der Waals surface area contributed by atoms with Crippen molar-refractivity contribution in [2.24, 2.45) is 0 Å². The number of rotatable bonds is 12. The van der Waals surface area contributed by atoms with E-state index in [2.05, 4.69) is 69.9 Å². The molecule has 53 heavy (non-hydrogen) atoms. The van der Waals surface area contributed by atoms with E-state index in [1.807, 2.05) is 54.6 Å². The van der Waals surface area contributed by atoms with Gasteiger partial charge < -0.3 is 20.3 Å². The van der Waals surface area contributed by atoms with Crippen molar-refractivity contribution in [3.63, 3.8) is 0 Å². The van der Waals surface area contributed by atoms with Gasteiger partial charge in [0.05, 0.1) is 29.5 Å². The van der Waals surface area contributed by atoms with Gasteiger partial charge in [0.15, 0.2) is 0 Å². The third kappa shape index (κ3) is 8.44. The molecule has 3 N–H and O–H groups in total. The van der Waals surface area contributed by atoms with Gasteiger partial charge in [0.2, 0.25) is 0 Å². The summed E-state index contributed by atoms with van der Waals surface area (Å²) in [5, 5.41) is 15.8. The summed E-state index contributed by atoms with van der Waals surface area (Å²) in [5.74, 6) is 2.25. The maximum Gasteiger partial charge on any atom is 0.324 e. The number of nitrogens with zero attached hydrogens (tertiary/aromatic N) is 6. The van der Waals surface area contributed by atoms with Crippen molar-refractivity contribution in [3.8, 4) is 11.4 Å². The van der Waals surface area contributed by atoms with E-state index in [1.165, 1.54) is 6.20 Å². The van der Waals surface area contributed by atoms with Gasteiger partial charge in [-0.05, 0) is 92.6 Å². The summed E-state index contributed by atoms with van der Waals surface area (Å²) in [6, 6.07) is 23.1. The molecule has 270 valence electrons. The Morgan fingerprint density at radius 2 is 1.62 bits per heavy atom. The fourth-order valence-corrected chi connectivity index (χ4v) is 6.56. The SMILES string of the molecule is CCCCc1cc(NC(=O)Nc2ccc(OCc3ccnc(Nc4cnc(C(=O)N5CCCC5)cn4)c3)c3ccccc23)n(-c2cc(C)cc(C)c2)n1. The summed E-state index contributed by atoms with van der Waals surface area (Å²) in [6.45, 7) is 8.07. The normalized spacial score (nSPS) is 12.5. The molecule has 0 spiro atoms. The lowest BCUT2D eigenvalue weighted by atomic mass is 10.1. The number of fused-ring (bicyclic) bond motifs is 1. The first-order valence-electron chi connectivity index (χ1n) is 18.1. The van der Waals surface area contributed by atoms with Crippen LogP contribution in [0.25, 0.3) is 16.5 Å². The molecule has 12 nitrogen and oxygen atoms in total. The van der Waals surface area contributed by atoms with Crippen LogP contribution in [0.1, 0.15) is 65.5 Å². The van der Waals surface area contributed by atoms with E-state index in [0.717, 1.165) is 84.0 Å². The van der Waals surface area contributed by atoms with Gasteiger partial charge in [-0.15, -0.1) is 0 Å². The van der Waals surface area contributed by atoms with Crippen LogP contribution in [0.5, 0.6) is 5.75 Å². The lowest BCUT2D eigenvalue weighted by Gasteiger charge is -2.15. The zero-order valence-electron chi connectivity index (χ0n) is 30.2. The van der Waals surface area contributed by atoms with Gasteiger partial charge in [-0.2, -0.15) is 5.10 Å². The number of benzene rings is 3. The van der Waals surface area contributed by atoms with Gasteiger partial charge in [-0.1, -0.05) is 43.7 Å². The number of hydrogen-bond donors (Lipinski definition) is 3. The highest BCUT2D eigenvalue weighted by molar-refractivity contribution is 6.07. The second-order valence-electron chi connectivity index (χ2n) is 13.4. The van der Waals surface area contributed by atoms with Crippen LogP contribution in [0.3, 0.4) is 0 Å². The number of carbonyl (C=O) groups is 2. The number of anilines is 4. The van der Waals surface area contributed by atoms with E-state index in [0.29, 0.717) is 34.6 Å². The molecule has 0 saturated carbocycles. The number of urea groups is 1. The van der Waals surface area contributed by atoms with E-state index in [4.69, 9.17) is 9.84 Å². The standard InChI is InChI=1S/C41H43N9O3/c1-4-5-10-30-23-39(50(48-30)31-20-27(2)19-28(3)21-31)47-41(52)45-34-13-14-36(33-12-7-6-11-32(33)34)53-26-29-15-16-42-37(22-29)46-38-25-43-35(24-44-38)40(51)49-17-8-9-18-49/h6-7,11-16,19-25H,4-5,8-10,17-18,26H2,1-3H3,(H,42,44,46)(H2,45,47,52). The lowest BCUT2D eigenvalue weighted by Crippen LogP contribution is -2.28. The van der Waals surface area contributed by atoms with Crippen LogP contribution in [-0.4, -0.2) is 54.7 Å².